The zero-order valence-electron chi connectivity index (χ0n) is 20.9. The number of esters is 1. The van der Waals surface area contributed by atoms with Crippen molar-refractivity contribution in [2.75, 3.05) is 25.0 Å². The number of aryl methyl sites for hydroxylation is 1. The first kappa shape index (κ1) is 25.2. The minimum Gasteiger partial charge on any atom is -0.466 e. The summed E-state index contributed by atoms with van der Waals surface area (Å²) in [5.41, 5.74) is 3.54. The number of nitrogens with one attached hydrogen (secondary N) is 1. The molecular formula is C28H34N2O4S. The van der Waals surface area contributed by atoms with Crippen molar-refractivity contribution >= 4 is 28.2 Å². The highest BCUT2D eigenvalue weighted by atomic mass is 32.1. The third-order valence-electron chi connectivity index (χ3n) is 6.58. The van der Waals surface area contributed by atoms with Gasteiger partial charge < -0.3 is 14.5 Å². The molecule has 6 nitrogen and oxygen atoms in total. The predicted molar refractivity (Wildman–Crippen MR) is 139 cm³/mol. The van der Waals surface area contributed by atoms with Gasteiger partial charge in [0.15, 0.2) is 5.76 Å². The van der Waals surface area contributed by atoms with Gasteiger partial charge in [-0.25, -0.2) is 0 Å². The van der Waals surface area contributed by atoms with Gasteiger partial charge in [-0.2, -0.15) is 0 Å². The van der Waals surface area contributed by atoms with Gasteiger partial charge in [-0.15, -0.1) is 11.3 Å². The normalized spacial score (nSPS) is 15.8. The Kier molecular flexibility index (Phi) is 8.08. The van der Waals surface area contributed by atoms with Crippen LogP contribution in [0.15, 0.2) is 53.1 Å². The van der Waals surface area contributed by atoms with Gasteiger partial charge in [-0.05, 0) is 75.0 Å². The van der Waals surface area contributed by atoms with Crippen LogP contribution in [0.3, 0.4) is 0 Å². The number of ether oxygens (including phenoxy) is 1. The first-order valence-electron chi connectivity index (χ1n) is 12.3. The van der Waals surface area contributed by atoms with Crippen LogP contribution >= 0.6 is 11.3 Å². The van der Waals surface area contributed by atoms with Crippen molar-refractivity contribution in [3.05, 3.63) is 76.1 Å². The maximum atomic E-state index is 12.8. The van der Waals surface area contributed by atoms with Crippen LogP contribution in [-0.2, 0) is 9.53 Å². The molecule has 1 aromatic carbocycles. The van der Waals surface area contributed by atoms with Crippen molar-refractivity contribution < 1.29 is 18.7 Å². The first-order chi connectivity index (χ1) is 16.9. The first-order valence-corrected chi connectivity index (χ1v) is 13.1. The predicted octanol–water partition coefficient (Wildman–Crippen LogP) is 6.39. The van der Waals surface area contributed by atoms with Crippen LogP contribution in [0, 0.1) is 12.8 Å². The standard InChI is InChI=1S/C28H34N2O4S/c1-5-33-28(32)22-12-14-30(15-13-22)25(21-10-8-20(9-11-21)18(2)3)23-17-19(4)35-27(23)29-26(31)24-7-6-16-34-24/h6-11,16-18,22,25H,5,12-15H2,1-4H3,(H,29,31)/t25-/m1/s1. The zero-order valence-corrected chi connectivity index (χ0v) is 21.7. The highest BCUT2D eigenvalue weighted by Crippen LogP contribution is 2.41. The van der Waals surface area contributed by atoms with Gasteiger partial charge in [0.2, 0.25) is 0 Å². The van der Waals surface area contributed by atoms with Crippen molar-refractivity contribution in [1.29, 1.82) is 0 Å². The molecule has 1 N–H and O–H groups in total. The summed E-state index contributed by atoms with van der Waals surface area (Å²) in [6, 6.07) is 14.3. The molecule has 2 aromatic heterocycles. The van der Waals surface area contributed by atoms with E-state index >= 15 is 0 Å². The second-order valence-electron chi connectivity index (χ2n) is 9.36. The molecule has 3 aromatic rings. The molecule has 1 fully saturated rings. The van der Waals surface area contributed by atoms with Crippen molar-refractivity contribution in [3.8, 4) is 0 Å². The highest BCUT2D eigenvalue weighted by Gasteiger charge is 2.33. The number of likely N-dealkylation sites (tertiary alicyclic amines) is 1. The second-order valence-corrected chi connectivity index (χ2v) is 10.6. The van der Waals surface area contributed by atoms with E-state index in [-0.39, 0.29) is 29.6 Å². The molecule has 1 aliphatic rings. The summed E-state index contributed by atoms with van der Waals surface area (Å²) in [6.07, 6.45) is 3.02. The van der Waals surface area contributed by atoms with Crippen LogP contribution in [0.1, 0.15) is 77.7 Å². The van der Waals surface area contributed by atoms with Gasteiger partial charge in [0.1, 0.15) is 5.00 Å². The minimum atomic E-state index is -0.256. The van der Waals surface area contributed by atoms with Crippen LogP contribution in [0.5, 0.6) is 0 Å². The molecule has 1 atom stereocenters. The molecule has 0 radical (unpaired) electrons. The lowest BCUT2D eigenvalue weighted by atomic mass is 9.90. The molecule has 0 unspecified atom stereocenters. The summed E-state index contributed by atoms with van der Waals surface area (Å²) in [6.45, 7) is 10.3. The smallest absolute Gasteiger partial charge is 0.309 e. The van der Waals surface area contributed by atoms with Crippen LogP contribution in [-0.4, -0.2) is 36.5 Å². The van der Waals surface area contributed by atoms with Crippen LogP contribution in [0.2, 0.25) is 0 Å². The molecule has 0 bridgehead atoms. The molecule has 0 aliphatic carbocycles. The fourth-order valence-corrected chi connectivity index (χ4v) is 5.65. The Bertz CT molecular complexity index is 1130. The number of carbonyl (C=O) groups excluding carboxylic acids is 2. The van der Waals surface area contributed by atoms with Crippen LogP contribution in [0.25, 0.3) is 0 Å². The quantitative estimate of drug-likeness (QED) is 0.367. The third-order valence-corrected chi connectivity index (χ3v) is 7.57. The highest BCUT2D eigenvalue weighted by molar-refractivity contribution is 7.16. The lowest BCUT2D eigenvalue weighted by molar-refractivity contribution is -0.149. The molecule has 3 heterocycles. The van der Waals surface area contributed by atoms with Crippen molar-refractivity contribution in [2.45, 2.75) is 52.5 Å². The van der Waals surface area contributed by atoms with E-state index in [1.807, 2.05) is 6.92 Å². The van der Waals surface area contributed by atoms with Gasteiger partial charge >= 0.3 is 5.97 Å². The van der Waals surface area contributed by atoms with Gasteiger partial charge in [0, 0.05) is 10.4 Å². The maximum absolute atomic E-state index is 12.8. The lowest BCUT2D eigenvalue weighted by Gasteiger charge is -2.37. The molecule has 1 aliphatic heterocycles. The van der Waals surface area contributed by atoms with E-state index in [2.05, 4.69) is 61.3 Å². The maximum Gasteiger partial charge on any atom is 0.309 e. The Morgan fingerprint density at radius 3 is 2.43 bits per heavy atom. The number of thiophene rings is 1. The van der Waals surface area contributed by atoms with Gasteiger partial charge in [0.25, 0.3) is 5.91 Å². The Labute approximate surface area is 211 Å². The summed E-state index contributed by atoms with van der Waals surface area (Å²) in [7, 11) is 0. The van der Waals surface area contributed by atoms with Gasteiger partial charge in [0.05, 0.1) is 24.8 Å². The number of hydrogen-bond donors (Lipinski definition) is 1. The number of rotatable bonds is 8. The number of benzene rings is 1. The summed E-state index contributed by atoms with van der Waals surface area (Å²) < 4.78 is 10.6. The van der Waals surface area contributed by atoms with Gasteiger partial charge in [-0.1, -0.05) is 38.1 Å². The molecule has 0 saturated carbocycles. The molecule has 4 rings (SSSR count). The van der Waals surface area contributed by atoms with Crippen LogP contribution in [0.4, 0.5) is 5.00 Å². The Morgan fingerprint density at radius 1 is 1.14 bits per heavy atom. The van der Waals surface area contributed by atoms with Crippen LogP contribution < -0.4 is 5.32 Å². The second kappa shape index (κ2) is 11.2. The average molecular weight is 495 g/mol. The van der Waals surface area contributed by atoms with Crippen molar-refractivity contribution in [2.24, 2.45) is 5.92 Å². The molecule has 7 heteroatoms. The van der Waals surface area contributed by atoms with Gasteiger partial charge in [-0.3, -0.25) is 14.5 Å². The number of carbonyl (C=O) groups is 2. The van der Waals surface area contributed by atoms with E-state index in [1.54, 1.807) is 23.5 Å². The summed E-state index contributed by atoms with van der Waals surface area (Å²) >= 11 is 1.57. The number of anilines is 1. The number of nitrogens with zero attached hydrogens (tertiary/aromatic N) is 1. The van der Waals surface area contributed by atoms with Crippen molar-refractivity contribution in [1.82, 2.24) is 4.90 Å². The number of amides is 1. The lowest BCUT2D eigenvalue weighted by Crippen LogP contribution is -2.39. The Morgan fingerprint density at radius 2 is 1.83 bits per heavy atom. The molecule has 1 saturated heterocycles. The van der Waals surface area contributed by atoms with E-state index in [0.717, 1.165) is 41.4 Å². The molecule has 0 spiro atoms. The van der Waals surface area contributed by atoms with Crippen molar-refractivity contribution in [3.63, 3.8) is 0 Å². The fourth-order valence-electron chi connectivity index (χ4n) is 4.71. The number of piperidine rings is 1. The largest absolute Gasteiger partial charge is 0.466 e. The monoisotopic (exact) mass is 494 g/mol. The van der Waals surface area contributed by atoms with E-state index in [0.29, 0.717) is 12.5 Å². The SMILES string of the molecule is CCOC(=O)C1CCN([C@H](c2ccc(C(C)C)cc2)c2cc(C)sc2NC(=O)c2ccco2)CC1. The zero-order chi connectivity index (χ0) is 24.9. The van der Waals surface area contributed by atoms with E-state index < -0.39 is 0 Å². The van der Waals surface area contributed by atoms with E-state index in [4.69, 9.17) is 9.15 Å². The molecule has 1 amide bonds. The number of furan rings is 1. The van der Waals surface area contributed by atoms with E-state index in [1.165, 1.54) is 17.4 Å². The molecule has 35 heavy (non-hydrogen) atoms. The molecular weight excluding hydrogens is 460 g/mol. The Balaban J connectivity index is 1.65. The summed E-state index contributed by atoms with van der Waals surface area (Å²) in [4.78, 5) is 28.7. The average Bonchev–Trinajstić information content (AvgIpc) is 3.51. The third kappa shape index (κ3) is 5.85. The van der Waals surface area contributed by atoms with E-state index in [9.17, 15) is 9.59 Å². The fraction of sp³-hybridized carbons (Fsp3) is 0.429. The Hall–Kier alpha value is -2.90. The summed E-state index contributed by atoms with van der Waals surface area (Å²) in [5, 5.41) is 3.91. The minimum absolute atomic E-state index is 0.0313. The number of hydrogen-bond acceptors (Lipinski definition) is 6. The molecule has 186 valence electrons. The summed E-state index contributed by atoms with van der Waals surface area (Å²) in [5.74, 6) is 0.331. The topological polar surface area (TPSA) is 71.8 Å².